The molecule has 0 bridgehead atoms. The molecule has 2 aromatic carbocycles. The third-order valence-corrected chi connectivity index (χ3v) is 5.47. The van der Waals surface area contributed by atoms with Crippen LogP contribution in [0.25, 0.3) is 11.4 Å². The highest BCUT2D eigenvalue weighted by Crippen LogP contribution is 2.31. The molecule has 0 aliphatic heterocycles. The number of hydrogen-bond acceptors (Lipinski definition) is 8. The number of carbonyl (C=O) groups excluding carboxylic acids is 2. The van der Waals surface area contributed by atoms with Crippen LogP contribution >= 0.6 is 0 Å². The second-order valence-corrected chi connectivity index (χ2v) is 8.63. The summed E-state index contributed by atoms with van der Waals surface area (Å²) < 4.78 is 16.3. The van der Waals surface area contributed by atoms with Crippen LogP contribution in [0.3, 0.4) is 0 Å². The van der Waals surface area contributed by atoms with Gasteiger partial charge in [0.15, 0.2) is 11.5 Å². The molecule has 0 fully saturated rings. The van der Waals surface area contributed by atoms with Crippen LogP contribution in [0.1, 0.15) is 27.2 Å². The second-order valence-electron chi connectivity index (χ2n) is 8.63. The Hall–Kier alpha value is -4.15. The monoisotopic (exact) mass is 510 g/mol. The van der Waals surface area contributed by atoms with Crippen LogP contribution < -0.4 is 24.4 Å². The standard InChI is InChI=1S/C26H34N6O5/c1-6-37-21-10-8-7-9-20(21)31(16-24(33)27-14-13-18(2)3)25(34)17-32-29-26(28-30-32)19-11-12-22(35-4)23(15-19)36-5/h7-12,15,18H,6,13-14,16-17H2,1-5H3,(H,27,33). The van der Waals surface area contributed by atoms with Crippen LogP contribution in [0, 0.1) is 5.92 Å². The first-order chi connectivity index (χ1) is 17.9. The van der Waals surface area contributed by atoms with E-state index in [4.69, 9.17) is 14.2 Å². The number of nitrogens with zero attached hydrogens (tertiary/aromatic N) is 5. The normalized spacial score (nSPS) is 10.8. The molecule has 11 nitrogen and oxygen atoms in total. The number of aromatic nitrogens is 4. The minimum Gasteiger partial charge on any atom is -0.493 e. The van der Waals surface area contributed by atoms with Crippen LogP contribution in [0.15, 0.2) is 42.5 Å². The van der Waals surface area contributed by atoms with Crippen molar-refractivity contribution in [2.45, 2.75) is 33.7 Å². The average Bonchev–Trinajstić information content (AvgIpc) is 3.35. The van der Waals surface area contributed by atoms with Crippen molar-refractivity contribution >= 4 is 17.5 Å². The van der Waals surface area contributed by atoms with Gasteiger partial charge in [0.1, 0.15) is 18.8 Å². The molecule has 0 aliphatic rings. The zero-order valence-electron chi connectivity index (χ0n) is 21.9. The number of hydrogen-bond donors (Lipinski definition) is 1. The number of para-hydroxylation sites is 2. The third-order valence-electron chi connectivity index (χ3n) is 5.47. The van der Waals surface area contributed by atoms with Crippen molar-refractivity contribution in [1.82, 2.24) is 25.5 Å². The molecule has 198 valence electrons. The summed E-state index contributed by atoms with van der Waals surface area (Å²) in [6.07, 6.45) is 0.844. The van der Waals surface area contributed by atoms with Gasteiger partial charge in [-0.2, -0.15) is 4.80 Å². The van der Waals surface area contributed by atoms with E-state index in [0.717, 1.165) is 6.42 Å². The fraction of sp³-hybridized carbons (Fsp3) is 0.423. The molecule has 0 spiro atoms. The van der Waals surface area contributed by atoms with Crippen molar-refractivity contribution < 1.29 is 23.8 Å². The molecule has 1 aromatic heterocycles. The van der Waals surface area contributed by atoms with Gasteiger partial charge in [-0.15, -0.1) is 10.2 Å². The highest BCUT2D eigenvalue weighted by atomic mass is 16.5. The summed E-state index contributed by atoms with van der Waals surface area (Å²) in [6.45, 7) is 6.59. The Kier molecular flexibility index (Phi) is 9.82. The van der Waals surface area contributed by atoms with Gasteiger partial charge in [0.2, 0.25) is 11.7 Å². The first kappa shape index (κ1) is 27.4. The Labute approximate surface area is 216 Å². The molecular weight excluding hydrogens is 476 g/mol. The number of carbonyl (C=O) groups is 2. The lowest BCUT2D eigenvalue weighted by Gasteiger charge is -2.24. The molecule has 37 heavy (non-hydrogen) atoms. The number of nitrogens with one attached hydrogen (secondary N) is 1. The van der Waals surface area contributed by atoms with Gasteiger partial charge in [-0.05, 0) is 54.8 Å². The Balaban J connectivity index is 1.81. The first-order valence-corrected chi connectivity index (χ1v) is 12.1. The molecule has 0 unspecified atom stereocenters. The van der Waals surface area contributed by atoms with Crippen LogP contribution in [0.4, 0.5) is 5.69 Å². The molecule has 2 amide bonds. The summed E-state index contributed by atoms with van der Waals surface area (Å²) in [7, 11) is 3.09. The summed E-state index contributed by atoms with van der Waals surface area (Å²) in [5.74, 6) is 1.72. The van der Waals surface area contributed by atoms with E-state index in [-0.39, 0.29) is 24.9 Å². The molecule has 1 heterocycles. The molecule has 1 N–H and O–H groups in total. The maximum Gasteiger partial charge on any atom is 0.251 e. The van der Waals surface area contributed by atoms with Gasteiger partial charge in [0, 0.05) is 12.1 Å². The van der Waals surface area contributed by atoms with Crippen LogP contribution in [0.5, 0.6) is 17.2 Å². The molecule has 0 saturated carbocycles. The minimum absolute atomic E-state index is 0.168. The number of anilines is 1. The van der Waals surface area contributed by atoms with Crippen molar-refractivity contribution in [1.29, 1.82) is 0 Å². The van der Waals surface area contributed by atoms with Crippen molar-refractivity contribution in [3.8, 4) is 28.6 Å². The van der Waals surface area contributed by atoms with Gasteiger partial charge >= 0.3 is 0 Å². The molecule has 0 atom stereocenters. The van der Waals surface area contributed by atoms with Crippen molar-refractivity contribution in [3.63, 3.8) is 0 Å². The predicted molar refractivity (Wildman–Crippen MR) is 139 cm³/mol. The molecule has 11 heteroatoms. The number of rotatable bonds is 13. The van der Waals surface area contributed by atoms with Crippen molar-refractivity contribution in [2.75, 3.05) is 38.8 Å². The molecule has 0 radical (unpaired) electrons. The van der Waals surface area contributed by atoms with E-state index >= 15 is 0 Å². The van der Waals surface area contributed by atoms with Gasteiger partial charge in [-0.25, -0.2) is 0 Å². The Bertz CT molecular complexity index is 1200. The van der Waals surface area contributed by atoms with Gasteiger partial charge in [-0.1, -0.05) is 26.0 Å². The Morgan fingerprint density at radius 3 is 2.51 bits per heavy atom. The molecule has 3 aromatic rings. The smallest absolute Gasteiger partial charge is 0.251 e. The zero-order valence-corrected chi connectivity index (χ0v) is 21.9. The van der Waals surface area contributed by atoms with Crippen LogP contribution in [-0.2, 0) is 16.1 Å². The highest BCUT2D eigenvalue weighted by molar-refractivity contribution is 5.99. The zero-order chi connectivity index (χ0) is 26.8. The molecular formula is C26H34N6O5. The van der Waals surface area contributed by atoms with Crippen LogP contribution in [0.2, 0.25) is 0 Å². The summed E-state index contributed by atoms with van der Waals surface area (Å²) in [6, 6.07) is 12.4. The van der Waals surface area contributed by atoms with Gasteiger partial charge in [-0.3, -0.25) is 14.5 Å². The Morgan fingerprint density at radius 1 is 1.05 bits per heavy atom. The number of methoxy groups -OCH3 is 2. The molecule has 0 aliphatic carbocycles. The van der Waals surface area contributed by atoms with Crippen LogP contribution in [-0.4, -0.2) is 65.9 Å². The van der Waals surface area contributed by atoms with Gasteiger partial charge < -0.3 is 19.5 Å². The summed E-state index contributed by atoms with van der Waals surface area (Å²) >= 11 is 0. The molecule has 0 saturated heterocycles. The summed E-state index contributed by atoms with van der Waals surface area (Å²) in [4.78, 5) is 28.7. The fourth-order valence-corrected chi connectivity index (χ4v) is 3.57. The van der Waals surface area contributed by atoms with E-state index in [9.17, 15) is 9.59 Å². The largest absolute Gasteiger partial charge is 0.493 e. The lowest BCUT2D eigenvalue weighted by Crippen LogP contribution is -2.43. The van der Waals surface area contributed by atoms with Crippen molar-refractivity contribution in [3.05, 3.63) is 42.5 Å². The lowest BCUT2D eigenvalue weighted by atomic mass is 10.1. The topological polar surface area (TPSA) is 121 Å². The van der Waals surface area contributed by atoms with Crippen molar-refractivity contribution in [2.24, 2.45) is 5.92 Å². The van der Waals surface area contributed by atoms with Gasteiger partial charge in [0.25, 0.3) is 5.91 Å². The predicted octanol–water partition coefficient (Wildman–Crippen LogP) is 2.95. The van der Waals surface area contributed by atoms with E-state index in [1.165, 1.54) is 16.8 Å². The van der Waals surface area contributed by atoms with E-state index in [2.05, 4.69) is 34.6 Å². The van der Waals surface area contributed by atoms with E-state index < -0.39 is 0 Å². The van der Waals surface area contributed by atoms with E-state index in [1.54, 1.807) is 43.5 Å². The second kappa shape index (κ2) is 13.2. The first-order valence-electron chi connectivity index (χ1n) is 12.1. The number of ether oxygens (including phenoxy) is 3. The lowest BCUT2D eigenvalue weighted by molar-refractivity contribution is -0.124. The van der Waals surface area contributed by atoms with Gasteiger partial charge in [0.05, 0.1) is 26.5 Å². The quantitative estimate of drug-likeness (QED) is 0.373. The Morgan fingerprint density at radius 2 is 1.81 bits per heavy atom. The average molecular weight is 511 g/mol. The van der Waals surface area contributed by atoms with E-state index in [0.29, 0.717) is 53.4 Å². The highest BCUT2D eigenvalue weighted by Gasteiger charge is 2.24. The number of tetrazole rings is 1. The summed E-state index contributed by atoms with van der Waals surface area (Å²) in [5.41, 5.74) is 1.15. The maximum atomic E-state index is 13.4. The molecule has 3 rings (SSSR count). The SMILES string of the molecule is CCOc1ccccc1N(CC(=O)NCCC(C)C)C(=O)Cn1nnc(-c2ccc(OC)c(OC)c2)n1. The minimum atomic E-state index is -0.387. The van der Waals surface area contributed by atoms with E-state index in [1.807, 2.05) is 13.0 Å². The summed E-state index contributed by atoms with van der Waals surface area (Å²) in [5, 5.41) is 15.4. The maximum absolute atomic E-state index is 13.4. The number of benzene rings is 2. The third kappa shape index (κ3) is 7.42. The fourth-order valence-electron chi connectivity index (χ4n) is 3.57. The number of amides is 2.